The van der Waals surface area contributed by atoms with Gasteiger partial charge in [-0.15, -0.1) is 0 Å². The fraction of sp³-hybridized carbons (Fsp3) is 0.217. The molecule has 0 heterocycles. The van der Waals surface area contributed by atoms with Crippen molar-refractivity contribution in [2.24, 2.45) is 0 Å². The van der Waals surface area contributed by atoms with E-state index in [2.05, 4.69) is 26.8 Å². The summed E-state index contributed by atoms with van der Waals surface area (Å²) in [6, 6.07) is 25.5. The van der Waals surface area contributed by atoms with Crippen molar-refractivity contribution in [3.05, 3.63) is 84.4 Å². The Labute approximate surface area is 156 Å². The summed E-state index contributed by atoms with van der Waals surface area (Å²) in [7, 11) is -1.34. The van der Waals surface area contributed by atoms with Crippen LogP contribution in [0.3, 0.4) is 0 Å². The predicted molar refractivity (Wildman–Crippen MR) is 111 cm³/mol. The molecule has 2 nitrogen and oxygen atoms in total. The van der Waals surface area contributed by atoms with Gasteiger partial charge in [-0.25, -0.2) is 0 Å². The molecule has 0 atom stereocenters. The standard InChI is InChI=1S/C23H25O2P/c1-23(2,3)18-15-19(25-4)17-22(16-18)26(24,20-11-7-5-8-12-20)21-13-9-6-10-14-21/h5-17H,1-4H3. The lowest BCUT2D eigenvalue weighted by Crippen LogP contribution is -2.26. The number of ether oxygens (including phenoxy) is 1. The van der Waals surface area contributed by atoms with Crippen molar-refractivity contribution in [2.45, 2.75) is 26.2 Å². The Morgan fingerprint density at radius 1 is 0.731 bits per heavy atom. The molecule has 0 radical (unpaired) electrons. The number of rotatable bonds is 4. The van der Waals surface area contributed by atoms with Gasteiger partial charge in [-0.3, -0.25) is 0 Å². The Morgan fingerprint density at radius 3 is 1.65 bits per heavy atom. The van der Waals surface area contributed by atoms with E-state index >= 15 is 0 Å². The molecule has 134 valence electrons. The smallest absolute Gasteiger partial charge is 0.171 e. The third-order valence-corrected chi connectivity index (χ3v) is 7.63. The molecule has 0 amide bonds. The predicted octanol–water partition coefficient (Wildman–Crippen LogP) is 4.63. The van der Waals surface area contributed by atoms with Crippen LogP contribution in [0.25, 0.3) is 0 Å². The van der Waals surface area contributed by atoms with Crippen LogP contribution in [-0.4, -0.2) is 7.11 Å². The maximum absolute atomic E-state index is 14.5. The summed E-state index contributed by atoms with van der Waals surface area (Å²) in [5.41, 5.74) is 1.04. The quantitative estimate of drug-likeness (QED) is 0.631. The third-order valence-electron chi connectivity index (χ3n) is 4.60. The molecule has 3 aromatic carbocycles. The van der Waals surface area contributed by atoms with Crippen molar-refractivity contribution in [1.82, 2.24) is 0 Å². The summed E-state index contributed by atoms with van der Waals surface area (Å²) >= 11 is 0. The molecule has 0 N–H and O–H groups in total. The Kier molecular flexibility index (Phi) is 5.07. The molecule has 3 heteroatoms. The topological polar surface area (TPSA) is 26.3 Å². The molecule has 0 unspecified atom stereocenters. The van der Waals surface area contributed by atoms with E-state index in [1.807, 2.05) is 72.8 Å². The van der Waals surface area contributed by atoms with Gasteiger partial charge < -0.3 is 9.30 Å². The fourth-order valence-electron chi connectivity index (χ4n) is 3.04. The lowest BCUT2D eigenvalue weighted by Gasteiger charge is -2.25. The average molecular weight is 364 g/mol. The number of methoxy groups -OCH3 is 1. The lowest BCUT2D eigenvalue weighted by atomic mass is 9.87. The SMILES string of the molecule is COc1cc(C(C)(C)C)cc(P(=O)(c2ccccc2)c2ccccc2)c1. The van der Waals surface area contributed by atoms with E-state index in [0.29, 0.717) is 0 Å². The first-order chi connectivity index (χ1) is 12.4. The summed E-state index contributed by atoms with van der Waals surface area (Å²) in [5, 5.41) is 2.47. The van der Waals surface area contributed by atoms with Crippen LogP contribution in [0.5, 0.6) is 5.75 Å². The normalized spacial score (nSPS) is 12.0. The van der Waals surface area contributed by atoms with Crippen molar-refractivity contribution >= 4 is 23.1 Å². The van der Waals surface area contributed by atoms with Crippen LogP contribution in [0.15, 0.2) is 78.9 Å². The van der Waals surface area contributed by atoms with Gasteiger partial charge in [-0.1, -0.05) is 81.4 Å². The molecular formula is C23H25O2P. The minimum absolute atomic E-state index is 0.0680. The largest absolute Gasteiger partial charge is 0.497 e. The summed E-state index contributed by atoms with van der Waals surface area (Å²) in [6.07, 6.45) is 0. The molecule has 0 aliphatic carbocycles. The van der Waals surface area contributed by atoms with Gasteiger partial charge in [0.15, 0.2) is 7.14 Å². The van der Waals surface area contributed by atoms with E-state index in [4.69, 9.17) is 4.74 Å². The van der Waals surface area contributed by atoms with Crippen LogP contribution < -0.4 is 20.7 Å². The second-order valence-electron chi connectivity index (χ2n) is 7.45. The van der Waals surface area contributed by atoms with Gasteiger partial charge in [0, 0.05) is 15.9 Å². The zero-order valence-corrected chi connectivity index (χ0v) is 16.7. The second kappa shape index (κ2) is 7.13. The minimum atomic E-state index is -2.99. The van der Waals surface area contributed by atoms with E-state index in [9.17, 15) is 4.57 Å². The molecule has 3 aromatic rings. The van der Waals surface area contributed by atoms with Gasteiger partial charge in [0.25, 0.3) is 0 Å². The first-order valence-corrected chi connectivity index (χ1v) is 10.5. The number of benzene rings is 3. The van der Waals surface area contributed by atoms with Crippen LogP contribution >= 0.6 is 7.14 Å². The summed E-state index contributed by atoms with van der Waals surface area (Å²) < 4.78 is 20.0. The van der Waals surface area contributed by atoms with Crippen molar-refractivity contribution < 1.29 is 9.30 Å². The van der Waals surface area contributed by atoms with Crippen molar-refractivity contribution in [3.63, 3.8) is 0 Å². The lowest BCUT2D eigenvalue weighted by molar-refractivity contribution is 0.413. The Bertz CT molecular complexity index is 882. The van der Waals surface area contributed by atoms with Crippen LogP contribution in [0.1, 0.15) is 26.3 Å². The molecule has 0 saturated heterocycles. The maximum atomic E-state index is 14.5. The average Bonchev–Trinajstić information content (AvgIpc) is 2.67. The van der Waals surface area contributed by atoms with Crippen LogP contribution in [0, 0.1) is 0 Å². The minimum Gasteiger partial charge on any atom is -0.497 e. The summed E-state index contributed by atoms with van der Waals surface area (Å²) in [4.78, 5) is 0. The summed E-state index contributed by atoms with van der Waals surface area (Å²) in [5.74, 6) is 0.736. The zero-order chi connectivity index (χ0) is 18.8. The van der Waals surface area contributed by atoms with Crippen LogP contribution in [-0.2, 0) is 9.98 Å². The maximum Gasteiger partial charge on any atom is 0.171 e. The van der Waals surface area contributed by atoms with Gasteiger partial charge in [-0.05, 0) is 29.2 Å². The number of hydrogen-bond acceptors (Lipinski definition) is 2. The van der Waals surface area contributed by atoms with E-state index in [1.54, 1.807) is 7.11 Å². The fourth-order valence-corrected chi connectivity index (χ4v) is 5.75. The van der Waals surface area contributed by atoms with Crippen LogP contribution in [0.2, 0.25) is 0 Å². The highest BCUT2D eigenvalue weighted by molar-refractivity contribution is 7.85. The molecule has 3 rings (SSSR count). The first-order valence-electron chi connectivity index (χ1n) is 8.77. The highest BCUT2D eigenvalue weighted by Gasteiger charge is 2.31. The van der Waals surface area contributed by atoms with E-state index in [0.717, 1.165) is 27.2 Å². The van der Waals surface area contributed by atoms with Gasteiger partial charge >= 0.3 is 0 Å². The van der Waals surface area contributed by atoms with E-state index < -0.39 is 7.14 Å². The second-order valence-corrected chi connectivity index (χ2v) is 10.2. The molecule has 0 fully saturated rings. The zero-order valence-electron chi connectivity index (χ0n) is 15.8. The van der Waals surface area contributed by atoms with Crippen molar-refractivity contribution in [2.75, 3.05) is 7.11 Å². The Hall–Kier alpha value is -2.31. The van der Waals surface area contributed by atoms with Gasteiger partial charge in [0.2, 0.25) is 0 Å². The Balaban J connectivity index is 2.32. The highest BCUT2D eigenvalue weighted by atomic mass is 31.2. The molecule has 0 aliphatic heterocycles. The summed E-state index contributed by atoms with van der Waals surface area (Å²) in [6.45, 7) is 6.46. The van der Waals surface area contributed by atoms with Crippen LogP contribution in [0.4, 0.5) is 0 Å². The highest BCUT2D eigenvalue weighted by Crippen LogP contribution is 2.44. The molecule has 26 heavy (non-hydrogen) atoms. The molecule has 0 saturated carbocycles. The first kappa shape index (κ1) is 18.5. The molecule has 0 spiro atoms. The molecule has 0 bridgehead atoms. The number of hydrogen-bond donors (Lipinski definition) is 0. The molecule has 0 aliphatic rings. The van der Waals surface area contributed by atoms with Gasteiger partial charge in [-0.2, -0.15) is 0 Å². The van der Waals surface area contributed by atoms with E-state index in [1.165, 1.54) is 0 Å². The van der Waals surface area contributed by atoms with Crippen molar-refractivity contribution in [1.29, 1.82) is 0 Å². The van der Waals surface area contributed by atoms with Gasteiger partial charge in [0.1, 0.15) is 5.75 Å². The third kappa shape index (κ3) is 3.48. The van der Waals surface area contributed by atoms with E-state index in [-0.39, 0.29) is 5.41 Å². The monoisotopic (exact) mass is 364 g/mol. The van der Waals surface area contributed by atoms with Crippen molar-refractivity contribution in [3.8, 4) is 5.75 Å². The molecular weight excluding hydrogens is 339 g/mol. The van der Waals surface area contributed by atoms with Gasteiger partial charge in [0.05, 0.1) is 7.11 Å². The Morgan fingerprint density at radius 2 is 1.23 bits per heavy atom. The molecule has 0 aromatic heterocycles.